The minimum atomic E-state index is -4.52. The molecule has 1 nitrogen and oxygen atoms in total. The zero-order valence-electron chi connectivity index (χ0n) is 12.1. The Bertz CT molecular complexity index is 440. The Balaban J connectivity index is 2.80. The minimum absolute atomic E-state index is 0.0298. The second kappa shape index (κ2) is 6.95. The molecule has 0 aliphatic rings. The molecule has 0 saturated carbocycles. The number of hydrogen-bond acceptors (Lipinski definition) is 1. The van der Waals surface area contributed by atoms with Gasteiger partial charge in [0.05, 0.1) is 11.3 Å². The first-order valence-electron chi connectivity index (χ1n) is 6.89. The second-order valence-electron chi connectivity index (χ2n) is 5.19. The highest BCUT2D eigenvalue weighted by Crippen LogP contribution is 2.34. The van der Waals surface area contributed by atoms with E-state index in [0.717, 1.165) is 25.7 Å². The highest BCUT2D eigenvalue weighted by atomic mass is 19.4. The van der Waals surface area contributed by atoms with Crippen molar-refractivity contribution >= 4 is 5.69 Å². The third-order valence-electron chi connectivity index (χ3n) is 3.26. The van der Waals surface area contributed by atoms with Gasteiger partial charge in [0.2, 0.25) is 0 Å². The van der Waals surface area contributed by atoms with Crippen molar-refractivity contribution in [2.75, 3.05) is 5.32 Å². The highest BCUT2D eigenvalue weighted by Gasteiger charge is 2.33. The predicted octanol–water partition coefficient (Wildman–Crippen LogP) is 5.53. The van der Waals surface area contributed by atoms with Gasteiger partial charge in [0.1, 0.15) is 5.82 Å². The lowest BCUT2D eigenvalue weighted by atomic mass is 10.1. The normalized spacial score (nSPS) is 13.3. The molecule has 0 saturated heterocycles. The summed E-state index contributed by atoms with van der Waals surface area (Å²) in [4.78, 5) is 0. The Morgan fingerprint density at radius 2 is 1.85 bits per heavy atom. The molecule has 0 aromatic heterocycles. The van der Waals surface area contributed by atoms with Gasteiger partial charge in [0, 0.05) is 6.04 Å². The van der Waals surface area contributed by atoms with Crippen molar-refractivity contribution in [1.29, 1.82) is 0 Å². The highest BCUT2D eigenvalue weighted by molar-refractivity contribution is 5.51. The summed E-state index contributed by atoms with van der Waals surface area (Å²) < 4.78 is 51.7. The van der Waals surface area contributed by atoms with Gasteiger partial charge in [-0.05, 0) is 38.0 Å². The Labute approximate surface area is 117 Å². The summed E-state index contributed by atoms with van der Waals surface area (Å²) in [6, 6.07) is 1.83. The first kappa shape index (κ1) is 16.8. The Morgan fingerprint density at radius 1 is 1.20 bits per heavy atom. The number of aryl methyl sites for hydroxylation is 1. The average molecular weight is 291 g/mol. The van der Waals surface area contributed by atoms with Gasteiger partial charge < -0.3 is 5.32 Å². The van der Waals surface area contributed by atoms with Crippen LogP contribution < -0.4 is 5.32 Å². The van der Waals surface area contributed by atoms with Crippen molar-refractivity contribution in [3.8, 4) is 0 Å². The van der Waals surface area contributed by atoms with Gasteiger partial charge in [-0.1, -0.05) is 26.2 Å². The summed E-state index contributed by atoms with van der Waals surface area (Å²) in [5.74, 6) is -0.856. The van der Waals surface area contributed by atoms with E-state index in [-0.39, 0.29) is 17.3 Å². The maximum Gasteiger partial charge on any atom is 0.416 e. The van der Waals surface area contributed by atoms with Crippen LogP contribution in [0.5, 0.6) is 0 Å². The zero-order chi connectivity index (χ0) is 15.3. The van der Waals surface area contributed by atoms with E-state index in [1.54, 1.807) is 0 Å². The number of benzene rings is 1. The molecule has 0 heterocycles. The van der Waals surface area contributed by atoms with Crippen LogP contribution in [0.25, 0.3) is 0 Å². The molecule has 0 fully saturated rings. The first-order valence-corrected chi connectivity index (χ1v) is 6.89. The molecule has 1 N–H and O–H groups in total. The van der Waals surface area contributed by atoms with E-state index in [0.29, 0.717) is 6.07 Å². The molecular weight excluding hydrogens is 270 g/mol. The van der Waals surface area contributed by atoms with Crippen LogP contribution in [0.4, 0.5) is 23.2 Å². The molecule has 20 heavy (non-hydrogen) atoms. The van der Waals surface area contributed by atoms with E-state index >= 15 is 0 Å². The molecule has 0 bridgehead atoms. The van der Waals surface area contributed by atoms with Crippen LogP contribution in [0.3, 0.4) is 0 Å². The third kappa shape index (κ3) is 4.69. The molecule has 1 atom stereocenters. The molecule has 0 radical (unpaired) electrons. The number of rotatable bonds is 6. The molecule has 1 rings (SSSR count). The first-order chi connectivity index (χ1) is 9.25. The fraction of sp³-hybridized carbons (Fsp3) is 0.600. The molecule has 1 unspecified atom stereocenters. The third-order valence-corrected chi connectivity index (χ3v) is 3.26. The van der Waals surface area contributed by atoms with E-state index in [4.69, 9.17) is 0 Å². The number of nitrogens with one attached hydrogen (secondary N) is 1. The van der Waals surface area contributed by atoms with E-state index in [9.17, 15) is 17.6 Å². The average Bonchev–Trinajstić information content (AvgIpc) is 2.32. The minimum Gasteiger partial charge on any atom is -0.380 e. The monoisotopic (exact) mass is 291 g/mol. The quantitative estimate of drug-likeness (QED) is 0.536. The summed E-state index contributed by atoms with van der Waals surface area (Å²) in [6.07, 6.45) is -0.434. The summed E-state index contributed by atoms with van der Waals surface area (Å²) in [5.41, 5.74) is -0.749. The van der Waals surface area contributed by atoms with Gasteiger partial charge in [0.15, 0.2) is 0 Å². The second-order valence-corrected chi connectivity index (χ2v) is 5.19. The smallest absolute Gasteiger partial charge is 0.380 e. The molecule has 0 amide bonds. The predicted molar refractivity (Wildman–Crippen MR) is 73.4 cm³/mol. The van der Waals surface area contributed by atoms with Crippen LogP contribution in [-0.2, 0) is 6.18 Å². The topological polar surface area (TPSA) is 12.0 Å². The van der Waals surface area contributed by atoms with Gasteiger partial charge in [0.25, 0.3) is 0 Å². The lowest BCUT2D eigenvalue weighted by Crippen LogP contribution is -2.17. The molecule has 0 aliphatic heterocycles. The standard InChI is InChI=1S/C15H21F4N/c1-4-5-6-7-11(3)20-14-8-10(2)12(9-13(14)16)15(17,18)19/h8-9,11,20H,4-7H2,1-3H3. The van der Waals surface area contributed by atoms with Gasteiger partial charge in [-0.3, -0.25) is 0 Å². The molecule has 0 spiro atoms. The summed E-state index contributed by atoms with van der Waals surface area (Å²) in [7, 11) is 0. The van der Waals surface area contributed by atoms with Crippen molar-refractivity contribution in [3.63, 3.8) is 0 Å². The van der Waals surface area contributed by atoms with Crippen molar-refractivity contribution in [2.24, 2.45) is 0 Å². The zero-order valence-corrected chi connectivity index (χ0v) is 12.1. The van der Waals surface area contributed by atoms with Gasteiger partial charge in [-0.2, -0.15) is 13.2 Å². The van der Waals surface area contributed by atoms with Crippen molar-refractivity contribution < 1.29 is 17.6 Å². The van der Waals surface area contributed by atoms with E-state index < -0.39 is 17.6 Å². The van der Waals surface area contributed by atoms with Crippen LogP contribution in [-0.4, -0.2) is 6.04 Å². The van der Waals surface area contributed by atoms with Crippen LogP contribution in [0.15, 0.2) is 12.1 Å². The summed E-state index contributed by atoms with van der Waals surface area (Å²) in [5, 5.41) is 2.95. The van der Waals surface area contributed by atoms with Crippen LogP contribution in [0.2, 0.25) is 0 Å². The lowest BCUT2D eigenvalue weighted by molar-refractivity contribution is -0.138. The van der Waals surface area contributed by atoms with Crippen molar-refractivity contribution in [1.82, 2.24) is 0 Å². The Morgan fingerprint density at radius 3 is 2.40 bits per heavy atom. The van der Waals surface area contributed by atoms with Crippen LogP contribution >= 0.6 is 0 Å². The van der Waals surface area contributed by atoms with E-state index in [1.807, 2.05) is 6.92 Å². The molecule has 0 aliphatic carbocycles. The van der Waals surface area contributed by atoms with Crippen molar-refractivity contribution in [3.05, 3.63) is 29.1 Å². The number of hydrogen-bond donors (Lipinski definition) is 1. The molecule has 5 heteroatoms. The lowest BCUT2D eigenvalue weighted by Gasteiger charge is -2.18. The van der Waals surface area contributed by atoms with Gasteiger partial charge in [-0.25, -0.2) is 4.39 Å². The van der Waals surface area contributed by atoms with E-state index in [1.165, 1.54) is 13.0 Å². The Hall–Kier alpha value is -1.26. The van der Waals surface area contributed by atoms with Gasteiger partial charge >= 0.3 is 6.18 Å². The van der Waals surface area contributed by atoms with Crippen molar-refractivity contribution in [2.45, 2.75) is 58.7 Å². The fourth-order valence-corrected chi connectivity index (χ4v) is 2.14. The largest absolute Gasteiger partial charge is 0.416 e. The van der Waals surface area contributed by atoms with E-state index in [2.05, 4.69) is 12.2 Å². The summed E-state index contributed by atoms with van der Waals surface area (Å²) in [6.45, 7) is 5.34. The fourth-order valence-electron chi connectivity index (χ4n) is 2.14. The SMILES string of the molecule is CCCCCC(C)Nc1cc(C)c(C(F)(F)F)cc1F. The van der Waals surface area contributed by atoms with Crippen LogP contribution in [0.1, 0.15) is 50.7 Å². The Kier molecular flexibility index (Phi) is 5.84. The molecule has 114 valence electrons. The number of anilines is 1. The van der Waals surface area contributed by atoms with Crippen LogP contribution in [0, 0.1) is 12.7 Å². The number of halogens is 4. The number of alkyl halides is 3. The maximum atomic E-state index is 13.7. The molecular formula is C15H21F4N. The molecule has 1 aromatic rings. The maximum absolute atomic E-state index is 13.7. The van der Waals surface area contributed by atoms with Gasteiger partial charge in [-0.15, -0.1) is 0 Å². The number of unbranched alkanes of at least 4 members (excludes halogenated alkanes) is 2. The summed E-state index contributed by atoms with van der Waals surface area (Å²) >= 11 is 0. The molecule has 1 aromatic carbocycles.